The molecule has 0 fully saturated rings. The second kappa shape index (κ2) is 4.75. The minimum atomic E-state index is -1.03. The van der Waals surface area contributed by atoms with E-state index in [1.165, 1.54) is 0 Å². The van der Waals surface area contributed by atoms with Crippen molar-refractivity contribution >= 4 is 18.1 Å². The van der Waals surface area contributed by atoms with E-state index in [1.54, 1.807) is 18.2 Å². The lowest BCUT2D eigenvalue weighted by molar-refractivity contribution is 0.0690. The van der Waals surface area contributed by atoms with Gasteiger partial charge in [-0.05, 0) is 23.6 Å². The summed E-state index contributed by atoms with van der Waals surface area (Å²) in [7, 11) is 0. The number of hydrogen-bond donors (Lipinski definition) is 1. The van der Waals surface area contributed by atoms with Gasteiger partial charge >= 0.3 is 5.97 Å². The SMILES string of the molecule is C=Cc1nc(C(=O)O)cc(C(C)C)c1C=C. The zero-order valence-corrected chi connectivity index (χ0v) is 9.53. The van der Waals surface area contributed by atoms with Crippen LogP contribution in [0.3, 0.4) is 0 Å². The molecule has 0 spiro atoms. The molecule has 0 amide bonds. The first-order chi connectivity index (χ1) is 7.51. The Morgan fingerprint density at radius 1 is 1.44 bits per heavy atom. The summed E-state index contributed by atoms with van der Waals surface area (Å²) >= 11 is 0. The van der Waals surface area contributed by atoms with Gasteiger partial charge in [-0.3, -0.25) is 0 Å². The van der Waals surface area contributed by atoms with Crippen molar-refractivity contribution in [2.75, 3.05) is 0 Å². The number of aromatic nitrogens is 1. The molecule has 0 aliphatic rings. The summed E-state index contributed by atoms with van der Waals surface area (Å²) < 4.78 is 0. The average Bonchev–Trinajstić information content (AvgIpc) is 2.26. The van der Waals surface area contributed by atoms with Gasteiger partial charge in [0.25, 0.3) is 0 Å². The molecular formula is C13H15NO2. The van der Waals surface area contributed by atoms with E-state index in [0.29, 0.717) is 5.69 Å². The van der Waals surface area contributed by atoms with Crippen molar-refractivity contribution in [1.29, 1.82) is 0 Å². The lowest BCUT2D eigenvalue weighted by Crippen LogP contribution is -2.06. The number of carbonyl (C=O) groups is 1. The minimum Gasteiger partial charge on any atom is -0.477 e. The van der Waals surface area contributed by atoms with Crippen LogP contribution in [0.25, 0.3) is 12.2 Å². The maximum absolute atomic E-state index is 10.9. The smallest absolute Gasteiger partial charge is 0.354 e. The summed E-state index contributed by atoms with van der Waals surface area (Å²) in [6.45, 7) is 11.4. The van der Waals surface area contributed by atoms with E-state index in [2.05, 4.69) is 18.1 Å². The van der Waals surface area contributed by atoms with Crippen LogP contribution in [0.2, 0.25) is 0 Å². The molecule has 16 heavy (non-hydrogen) atoms. The Kier molecular flexibility index (Phi) is 3.61. The van der Waals surface area contributed by atoms with Crippen LogP contribution in [-0.2, 0) is 0 Å². The maximum Gasteiger partial charge on any atom is 0.354 e. The van der Waals surface area contributed by atoms with E-state index in [-0.39, 0.29) is 11.6 Å². The standard InChI is InChI=1S/C13H15NO2/c1-5-9-10(8(3)4)7-12(13(15)16)14-11(9)6-2/h5-8H,1-2H2,3-4H3,(H,15,16). The molecule has 0 atom stereocenters. The quantitative estimate of drug-likeness (QED) is 0.842. The first-order valence-electron chi connectivity index (χ1n) is 5.04. The van der Waals surface area contributed by atoms with Gasteiger partial charge in [-0.25, -0.2) is 9.78 Å². The topological polar surface area (TPSA) is 50.2 Å². The predicted molar refractivity (Wildman–Crippen MR) is 65.5 cm³/mol. The maximum atomic E-state index is 10.9. The van der Waals surface area contributed by atoms with E-state index in [4.69, 9.17) is 5.11 Å². The molecule has 0 aliphatic heterocycles. The van der Waals surface area contributed by atoms with Crippen LogP contribution in [0.1, 0.15) is 47.1 Å². The molecule has 0 saturated heterocycles. The third-order valence-corrected chi connectivity index (χ3v) is 2.36. The summed E-state index contributed by atoms with van der Waals surface area (Å²) in [6.07, 6.45) is 3.24. The highest BCUT2D eigenvalue weighted by atomic mass is 16.4. The molecule has 0 aliphatic carbocycles. The second-order valence-corrected chi connectivity index (χ2v) is 3.76. The van der Waals surface area contributed by atoms with Crippen LogP contribution >= 0.6 is 0 Å². The van der Waals surface area contributed by atoms with Crippen LogP contribution in [0.15, 0.2) is 19.2 Å². The molecule has 3 heteroatoms. The van der Waals surface area contributed by atoms with Gasteiger partial charge in [0.2, 0.25) is 0 Å². The van der Waals surface area contributed by atoms with Gasteiger partial charge in [-0.2, -0.15) is 0 Å². The van der Waals surface area contributed by atoms with E-state index in [1.807, 2.05) is 13.8 Å². The number of pyridine rings is 1. The molecule has 1 heterocycles. The molecule has 0 unspecified atom stereocenters. The van der Waals surface area contributed by atoms with Gasteiger partial charge in [-0.15, -0.1) is 0 Å². The highest BCUT2D eigenvalue weighted by Gasteiger charge is 2.14. The van der Waals surface area contributed by atoms with E-state index < -0.39 is 5.97 Å². The van der Waals surface area contributed by atoms with Crippen molar-refractivity contribution in [3.63, 3.8) is 0 Å². The first-order valence-corrected chi connectivity index (χ1v) is 5.04. The normalized spacial score (nSPS) is 10.2. The molecule has 0 saturated carbocycles. The van der Waals surface area contributed by atoms with Crippen LogP contribution < -0.4 is 0 Å². The fourth-order valence-electron chi connectivity index (χ4n) is 1.56. The first kappa shape index (κ1) is 12.2. The average molecular weight is 217 g/mol. The Balaban J connectivity index is 3.55. The molecule has 1 rings (SSSR count). The summed E-state index contributed by atoms with van der Waals surface area (Å²) in [5.74, 6) is -0.812. The van der Waals surface area contributed by atoms with Gasteiger partial charge in [0.05, 0.1) is 5.69 Å². The Bertz CT molecular complexity index is 447. The number of carboxylic acids is 1. The second-order valence-electron chi connectivity index (χ2n) is 3.76. The Labute approximate surface area is 95.1 Å². The number of carboxylic acid groups (broad SMARTS) is 1. The van der Waals surface area contributed by atoms with E-state index >= 15 is 0 Å². The molecule has 3 nitrogen and oxygen atoms in total. The van der Waals surface area contributed by atoms with Crippen LogP contribution in [-0.4, -0.2) is 16.1 Å². The van der Waals surface area contributed by atoms with Gasteiger partial charge in [-0.1, -0.05) is 33.1 Å². The monoisotopic (exact) mass is 217 g/mol. The molecule has 0 bridgehead atoms. The van der Waals surface area contributed by atoms with Gasteiger partial charge in [0, 0.05) is 5.56 Å². The predicted octanol–water partition coefficient (Wildman–Crippen LogP) is 3.19. The highest BCUT2D eigenvalue weighted by molar-refractivity contribution is 5.86. The number of nitrogens with zero attached hydrogens (tertiary/aromatic N) is 1. The van der Waals surface area contributed by atoms with Gasteiger partial charge < -0.3 is 5.11 Å². The van der Waals surface area contributed by atoms with Gasteiger partial charge in [0.15, 0.2) is 0 Å². The molecule has 1 aromatic heterocycles. The Morgan fingerprint density at radius 3 is 2.44 bits per heavy atom. The zero-order chi connectivity index (χ0) is 12.3. The Morgan fingerprint density at radius 2 is 2.06 bits per heavy atom. The van der Waals surface area contributed by atoms with E-state index in [9.17, 15) is 4.79 Å². The number of hydrogen-bond acceptors (Lipinski definition) is 2. The zero-order valence-electron chi connectivity index (χ0n) is 9.53. The largest absolute Gasteiger partial charge is 0.477 e. The fourth-order valence-corrected chi connectivity index (χ4v) is 1.56. The van der Waals surface area contributed by atoms with Crippen molar-refractivity contribution in [3.8, 4) is 0 Å². The molecular weight excluding hydrogens is 202 g/mol. The lowest BCUT2D eigenvalue weighted by atomic mass is 9.95. The number of aromatic carboxylic acids is 1. The van der Waals surface area contributed by atoms with Crippen molar-refractivity contribution in [1.82, 2.24) is 4.98 Å². The van der Waals surface area contributed by atoms with Crippen LogP contribution in [0.4, 0.5) is 0 Å². The summed E-state index contributed by atoms with van der Waals surface area (Å²) in [6, 6.07) is 1.59. The fraction of sp³-hybridized carbons (Fsp3) is 0.231. The minimum absolute atomic E-state index is 0.0456. The molecule has 84 valence electrons. The highest BCUT2D eigenvalue weighted by Crippen LogP contribution is 2.24. The van der Waals surface area contributed by atoms with Gasteiger partial charge in [0.1, 0.15) is 5.69 Å². The van der Waals surface area contributed by atoms with Crippen molar-refractivity contribution in [3.05, 3.63) is 41.7 Å². The Hall–Kier alpha value is -1.90. The lowest BCUT2D eigenvalue weighted by Gasteiger charge is -2.13. The van der Waals surface area contributed by atoms with Crippen molar-refractivity contribution < 1.29 is 9.90 Å². The summed E-state index contributed by atoms with van der Waals surface area (Å²) in [5.41, 5.74) is 2.40. The molecule has 0 aromatic carbocycles. The van der Waals surface area contributed by atoms with E-state index in [0.717, 1.165) is 11.1 Å². The molecule has 0 radical (unpaired) electrons. The number of rotatable bonds is 4. The molecule has 1 N–H and O–H groups in total. The third-order valence-electron chi connectivity index (χ3n) is 2.36. The summed E-state index contributed by atoms with van der Waals surface area (Å²) in [5, 5.41) is 8.95. The van der Waals surface area contributed by atoms with Crippen molar-refractivity contribution in [2.45, 2.75) is 19.8 Å². The third kappa shape index (κ3) is 2.19. The van der Waals surface area contributed by atoms with Crippen LogP contribution in [0.5, 0.6) is 0 Å². The summed E-state index contributed by atoms with van der Waals surface area (Å²) in [4.78, 5) is 14.9. The molecule has 1 aromatic rings. The van der Waals surface area contributed by atoms with Crippen LogP contribution in [0, 0.1) is 0 Å². The van der Waals surface area contributed by atoms with Crippen molar-refractivity contribution in [2.24, 2.45) is 0 Å².